The molecule has 12 fully saturated rings. The second-order valence-corrected chi connectivity index (χ2v) is 58.1. The van der Waals surface area contributed by atoms with Crippen LogP contribution in [0.25, 0.3) is 0 Å². The fourth-order valence-electron chi connectivity index (χ4n) is 23.5. The molecule has 0 aromatic rings. The summed E-state index contributed by atoms with van der Waals surface area (Å²) < 4.78 is 0. The molecule has 0 spiro atoms. The van der Waals surface area contributed by atoms with Gasteiger partial charge in [0, 0.05) is 0 Å². The van der Waals surface area contributed by atoms with Crippen LogP contribution in [0.2, 0.25) is 0 Å². The van der Waals surface area contributed by atoms with Gasteiger partial charge in [0.05, 0.1) is 17.3 Å². The van der Waals surface area contributed by atoms with Crippen molar-refractivity contribution in [2.24, 2.45) is 217 Å². The van der Waals surface area contributed by atoms with Gasteiger partial charge in [0.25, 0.3) is 0 Å². The van der Waals surface area contributed by atoms with Gasteiger partial charge in [0.2, 0.25) is 0 Å². The molecule has 10 atom stereocenters. The van der Waals surface area contributed by atoms with Crippen molar-refractivity contribution < 1.29 is 15.3 Å². The van der Waals surface area contributed by atoms with E-state index in [1.54, 1.807) is 0 Å². The molecule has 0 amide bonds. The highest BCUT2D eigenvalue weighted by Crippen LogP contribution is 2.50. The van der Waals surface area contributed by atoms with Gasteiger partial charge in [-0.05, 0) is 456 Å². The average Bonchev–Trinajstić information content (AvgIpc) is 0.915. The molecule has 12 aliphatic carbocycles. The van der Waals surface area contributed by atoms with Crippen LogP contribution < -0.4 is 0 Å². The Kier molecular flexibility index (Phi) is 71.9. The van der Waals surface area contributed by atoms with Crippen LogP contribution >= 0.6 is 0 Å². The fraction of sp³-hybridized carbons (Fsp3) is 1.00. The maximum atomic E-state index is 9.57. The molecule has 12 saturated carbocycles. The molecule has 3 nitrogen and oxygen atoms in total. The zero-order chi connectivity index (χ0) is 102. The molecule has 0 saturated heterocycles. The summed E-state index contributed by atoms with van der Waals surface area (Å²) in [6, 6.07) is 0. The topological polar surface area (TPSA) is 60.7 Å². The first-order valence-corrected chi connectivity index (χ1v) is 59.7. The SMILES string of the molecule is C.CC(C)C1CC(C)(C)C1.CC(C)C1CC(C)(C)C1.CC(C)C1CCC(C)(C)CC1.CC(C)C1CCC(C)(C)CC1.CC(C)[C@@H]1CC[C@@H](C)C1.CC(C)[C@@H]1CC[C@H](C)C1.CC(C)[C@H]1CC[C@@H](O)C1.CC(C)[C@H]1CC[C@H](C)C1.CC1CC(C(C)C)C1.CC1CC(C(C)C)C1.CC1CCC(C(C)C)CC1.CC1CCC(C(C)C)CC1.CC[C@@](C)(O)CCC(C)C.CC[C@](C)(O)CCC(C)C. The second-order valence-electron chi connectivity index (χ2n) is 58.1. The van der Waals surface area contributed by atoms with Crippen molar-refractivity contribution in [1.29, 1.82) is 0 Å². The number of hydrogen-bond donors (Lipinski definition) is 3. The van der Waals surface area contributed by atoms with E-state index in [-0.39, 0.29) is 13.5 Å². The van der Waals surface area contributed by atoms with Gasteiger partial charge in [0.15, 0.2) is 0 Å². The van der Waals surface area contributed by atoms with Gasteiger partial charge in [-0.25, -0.2) is 0 Å². The van der Waals surface area contributed by atoms with Crippen molar-refractivity contribution in [3.63, 3.8) is 0 Å². The van der Waals surface area contributed by atoms with Gasteiger partial charge in [-0.1, -0.05) is 364 Å². The lowest BCUT2D eigenvalue weighted by Crippen LogP contribution is -2.34. The molecule has 0 aliphatic heterocycles. The van der Waals surface area contributed by atoms with Crippen LogP contribution in [0.3, 0.4) is 0 Å². The minimum absolute atomic E-state index is 0. The van der Waals surface area contributed by atoms with Crippen LogP contribution in [0, 0.1) is 217 Å². The molecule has 0 radical (unpaired) electrons. The Hall–Kier alpha value is -0.120. The van der Waals surface area contributed by atoms with Gasteiger partial charge >= 0.3 is 0 Å². The Balaban J connectivity index is -0.00000137. The molecule has 0 aromatic carbocycles. The van der Waals surface area contributed by atoms with Crippen LogP contribution in [0.4, 0.5) is 0 Å². The third-order valence-electron chi connectivity index (χ3n) is 37.0. The molecule has 12 rings (SSSR count). The van der Waals surface area contributed by atoms with Crippen molar-refractivity contribution in [3.05, 3.63) is 0 Å². The molecule has 0 heterocycles. The van der Waals surface area contributed by atoms with E-state index in [1.165, 1.54) is 218 Å². The minimum atomic E-state index is -0.426. The van der Waals surface area contributed by atoms with E-state index in [0.29, 0.717) is 33.5 Å². The zero-order valence-corrected chi connectivity index (χ0v) is 101. The maximum Gasteiger partial charge on any atom is 0.0617 e. The summed E-state index contributed by atoms with van der Waals surface area (Å²) in [5.74, 6) is 31.6. The lowest BCUT2D eigenvalue weighted by atomic mass is 9.61. The molecule has 0 unspecified atom stereocenters. The molecule has 3 N–H and O–H groups in total. The lowest BCUT2D eigenvalue weighted by molar-refractivity contribution is 0.0411. The number of aliphatic hydroxyl groups excluding tert-OH is 1. The van der Waals surface area contributed by atoms with E-state index < -0.39 is 11.2 Å². The summed E-state index contributed by atoms with van der Waals surface area (Å²) in [7, 11) is 0. The van der Waals surface area contributed by atoms with Crippen molar-refractivity contribution in [2.45, 2.75) is 620 Å². The van der Waals surface area contributed by atoms with E-state index in [4.69, 9.17) is 5.11 Å². The van der Waals surface area contributed by atoms with E-state index in [2.05, 4.69) is 298 Å². The summed E-state index contributed by atoms with van der Waals surface area (Å²) in [5, 5.41) is 28.3. The number of hydrogen-bond acceptors (Lipinski definition) is 3. The molecule has 0 aromatic heterocycles. The van der Waals surface area contributed by atoms with Crippen LogP contribution in [0.1, 0.15) is 603 Å². The Morgan fingerprint density at radius 1 is 0.226 bits per heavy atom. The van der Waals surface area contributed by atoms with Crippen molar-refractivity contribution >= 4 is 0 Å². The highest BCUT2D eigenvalue weighted by atomic mass is 16.3. The van der Waals surface area contributed by atoms with Gasteiger partial charge in [-0.15, -0.1) is 0 Å². The second kappa shape index (κ2) is 69.8. The summed E-state index contributed by atoms with van der Waals surface area (Å²) in [4.78, 5) is 0. The summed E-state index contributed by atoms with van der Waals surface area (Å²) in [6.07, 6.45) is 57.7. The molecule has 804 valence electrons. The predicted molar refractivity (Wildman–Crippen MR) is 608 cm³/mol. The first-order chi connectivity index (χ1) is 60.6. The molecule has 12 aliphatic rings. The van der Waals surface area contributed by atoms with E-state index in [9.17, 15) is 10.2 Å². The quantitative estimate of drug-likeness (QED) is 0.114. The average molecular weight is 1880 g/mol. The Bertz CT molecular complexity index is 2370. The van der Waals surface area contributed by atoms with E-state index in [1.807, 2.05) is 27.7 Å². The largest absolute Gasteiger partial charge is 0.393 e. The zero-order valence-electron chi connectivity index (χ0n) is 101. The monoisotopic (exact) mass is 1880 g/mol. The van der Waals surface area contributed by atoms with Crippen LogP contribution in [0.15, 0.2) is 0 Å². The Labute approximate surface area is 846 Å². The van der Waals surface area contributed by atoms with Crippen LogP contribution in [-0.4, -0.2) is 32.6 Å². The van der Waals surface area contributed by atoms with E-state index >= 15 is 0 Å². The molecular formula is C130H266O3. The Morgan fingerprint density at radius 2 is 0.406 bits per heavy atom. The number of aliphatic hydroxyl groups is 3. The number of rotatable bonds is 20. The third kappa shape index (κ3) is 67.3. The van der Waals surface area contributed by atoms with Crippen LogP contribution in [0.5, 0.6) is 0 Å². The fourth-order valence-corrected chi connectivity index (χ4v) is 23.5. The van der Waals surface area contributed by atoms with Gasteiger partial charge < -0.3 is 15.3 Å². The smallest absolute Gasteiger partial charge is 0.0617 e. The summed E-state index contributed by atoms with van der Waals surface area (Å²) in [6.45, 7) is 108. The standard InChI is InChI=1S/2C11H22.2C10H20.2C9H20O.5C9H18.C8H16O.2C8H16.CH4/c2*1-9(2)10-5-7-11(3,4)8-6-10;2*1-8(2)10-6-4-9(3)5-7-10;2*1-5-9(4,10)7-6-8(2)3;2*1-7(2)8-5-9(3,4)6-8;3*1-7(2)9-5-4-8(3)6-9;1-6(2)7-3-4-8(9)5-7;2*1-6(2)8-4-7(3)5-8;/h2*9-10H,5-8H2,1-4H3;2*8-10H,4-7H2,1-3H3;2*8,10H,5-7H2,1-4H3;2*7-8H,5-6H2,1-4H3;3*7-9H,4-6H2,1-3H3;6-9H,3-5H2,1-2H3;2*6-8H,4-5H2,1-3H3;1H4/t;;;;2*9-;;;8-,9+;2*8-,9-;7-,8+;;;/m....10..0100.../s1. The minimum Gasteiger partial charge on any atom is -0.393 e. The third-order valence-corrected chi connectivity index (χ3v) is 37.0. The molecule has 3 heteroatoms. The molecular weight excluding hydrogens is 1610 g/mol. The van der Waals surface area contributed by atoms with Crippen molar-refractivity contribution in [1.82, 2.24) is 0 Å². The highest BCUT2D eigenvalue weighted by Gasteiger charge is 2.39. The normalized spacial score (nSPS) is 30.0. The summed E-state index contributed by atoms with van der Waals surface area (Å²) in [5.41, 5.74) is 1.79. The highest BCUT2D eigenvalue weighted by molar-refractivity contribution is 4.90. The van der Waals surface area contributed by atoms with Gasteiger partial charge in [-0.3, -0.25) is 0 Å². The lowest BCUT2D eigenvalue weighted by Gasteiger charge is -2.45. The maximum absolute atomic E-state index is 9.57. The van der Waals surface area contributed by atoms with E-state index in [0.717, 1.165) is 235 Å². The first kappa shape index (κ1) is 137. The van der Waals surface area contributed by atoms with Crippen molar-refractivity contribution in [2.75, 3.05) is 0 Å². The van der Waals surface area contributed by atoms with Crippen LogP contribution in [-0.2, 0) is 0 Å². The van der Waals surface area contributed by atoms with Crippen molar-refractivity contribution in [3.8, 4) is 0 Å². The van der Waals surface area contributed by atoms with Gasteiger partial charge in [-0.2, -0.15) is 0 Å². The first-order valence-electron chi connectivity index (χ1n) is 59.7. The summed E-state index contributed by atoms with van der Waals surface area (Å²) >= 11 is 0. The molecule has 0 bridgehead atoms. The Morgan fingerprint density at radius 3 is 0.534 bits per heavy atom. The van der Waals surface area contributed by atoms with Gasteiger partial charge in [0.1, 0.15) is 0 Å². The molecule has 133 heavy (non-hydrogen) atoms. The predicted octanol–water partition coefficient (Wildman–Crippen LogP) is 43.0.